The van der Waals surface area contributed by atoms with Gasteiger partial charge in [-0.25, -0.2) is 14.8 Å². The number of nitrogens with one attached hydrogen (secondary N) is 1. The second-order valence-corrected chi connectivity index (χ2v) is 5.95. The zero-order valence-corrected chi connectivity index (χ0v) is 12.5. The number of hydrogen-bond donors (Lipinski definition) is 2. The van der Waals surface area contributed by atoms with E-state index in [1.54, 1.807) is 12.1 Å². The van der Waals surface area contributed by atoms with Crippen LogP contribution < -0.4 is 11.3 Å². The number of rotatable bonds is 3. The molecule has 0 fully saturated rings. The quantitative estimate of drug-likeness (QED) is 0.505. The minimum absolute atomic E-state index is 0.0414. The molecule has 2 rings (SSSR count). The standard InChI is InChI=1S/C11H10BrClFN3S/c1-5-16-8(4-18-5)11(17-15)6-2-3-7(12)9(13)10(6)14/h2-4,11,17H,15H2,1H3. The highest BCUT2D eigenvalue weighted by molar-refractivity contribution is 9.10. The molecule has 1 aromatic carbocycles. The van der Waals surface area contributed by atoms with Crippen LogP contribution in [0.15, 0.2) is 22.0 Å². The van der Waals surface area contributed by atoms with Crippen molar-refractivity contribution in [2.75, 3.05) is 0 Å². The number of nitrogens with zero attached hydrogens (tertiary/aromatic N) is 1. The Bertz CT molecular complexity index is 575. The molecule has 2 aromatic rings. The lowest BCUT2D eigenvalue weighted by Crippen LogP contribution is -2.29. The molecule has 1 aromatic heterocycles. The molecule has 0 aliphatic heterocycles. The molecule has 3 nitrogen and oxygen atoms in total. The maximum Gasteiger partial charge on any atom is 0.148 e. The summed E-state index contributed by atoms with van der Waals surface area (Å²) in [5, 5.41) is 2.78. The Balaban J connectivity index is 2.49. The molecule has 1 heterocycles. The number of nitrogens with two attached hydrogens (primary N) is 1. The summed E-state index contributed by atoms with van der Waals surface area (Å²) < 4.78 is 14.6. The highest BCUT2D eigenvalue weighted by Crippen LogP contribution is 2.32. The van der Waals surface area contributed by atoms with Gasteiger partial charge >= 0.3 is 0 Å². The molecule has 0 saturated carbocycles. The lowest BCUT2D eigenvalue weighted by atomic mass is 10.0. The van der Waals surface area contributed by atoms with Gasteiger partial charge in [0.2, 0.25) is 0 Å². The average molecular weight is 351 g/mol. The van der Waals surface area contributed by atoms with Crippen LogP contribution in [0.4, 0.5) is 4.39 Å². The highest BCUT2D eigenvalue weighted by atomic mass is 79.9. The van der Waals surface area contributed by atoms with Crippen molar-refractivity contribution < 1.29 is 4.39 Å². The first-order valence-corrected chi connectivity index (χ1v) is 7.11. The van der Waals surface area contributed by atoms with Crippen molar-refractivity contribution in [1.29, 1.82) is 0 Å². The van der Waals surface area contributed by atoms with Gasteiger partial charge in [-0.15, -0.1) is 11.3 Å². The third-order valence-electron chi connectivity index (χ3n) is 2.48. The zero-order chi connectivity index (χ0) is 13.3. The predicted molar refractivity (Wildman–Crippen MR) is 75.1 cm³/mol. The van der Waals surface area contributed by atoms with Gasteiger partial charge in [0, 0.05) is 15.4 Å². The maximum atomic E-state index is 14.1. The van der Waals surface area contributed by atoms with Crippen molar-refractivity contribution >= 4 is 38.9 Å². The van der Waals surface area contributed by atoms with E-state index in [-0.39, 0.29) is 5.02 Å². The van der Waals surface area contributed by atoms with Crippen molar-refractivity contribution in [3.05, 3.63) is 49.1 Å². The van der Waals surface area contributed by atoms with Crippen LogP contribution >= 0.6 is 38.9 Å². The largest absolute Gasteiger partial charge is 0.271 e. The molecule has 0 amide bonds. The topological polar surface area (TPSA) is 50.9 Å². The normalized spacial score (nSPS) is 12.7. The van der Waals surface area contributed by atoms with Gasteiger partial charge in [-0.3, -0.25) is 5.84 Å². The first kappa shape index (κ1) is 13.9. The van der Waals surface area contributed by atoms with Crippen molar-refractivity contribution in [3.63, 3.8) is 0 Å². The Morgan fingerprint density at radius 1 is 1.56 bits per heavy atom. The molecule has 3 N–H and O–H groups in total. The summed E-state index contributed by atoms with van der Waals surface area (Å²) in [7, 11) is 0. The number of benzene rings is 1. The van der Waals surface area contributed by atoms with Crippen LogP contribution in [0.25, 0.3) is 0 Å². The first-order chi connectivity index (χ1) is 8.54. The van der Waals surface area contributed by atoms with E-state index in [0.29, 0.717) is 15.7 Å². The molecule has 0 spiro atoms. The molecule has 18 heavy (non-hydrogen) atoms. The Labute approximate surface area is 121 Å². The second kappa shape index (κ2) is 5.63. The Morgan fingerprint density at radius 3 is 2.83 bits per heavy atom. The highest BCUT2D eigenvalue weighted by Gasteiger charge is 2.21. The average Bonchev–Trinajstić information content (AvgIpc) is 2.77. The molecular formula is C11H10BrClFN3S. The lowest BCUT2D eigenvalue weighted by molar-refractivity contribution is 0.554. The van der Waals surface area contributed by atoms with Crippen molar-refractivity contribution in [3.8, 4) is 0 Å². The molecule has 0 radical (unpaired) electrons. The first-order valence-electron chi connectivity index (χ1n) is 5.06. The third kappa shape index (κ3) is 2.57. The number of hydrogen-bond acceptors (Lipinski definition) is 4. The summed E-state index contributed by atoms with van der Waals surface area (Å²) in [6, 6.07) is 2.80. The number of halogens is 3. The van der Waals surface area contributed by atoms with Crippen LogP contribution in [0.5, 0.6) is 0 Å². The molecule has 7 heteroatoms. The molecular weight excluding hydrogens is 341 g/mol. The summed E-state index contributed by atoms with van der Waals surface area (Å²) in [6.07, 6.45) is 0. The second-order valence-electron chi connectivity index (χ2n) is 3.66. The van der Waals surface area contributed by atoms with Crippen LogP contribution in [-0.4, -0.2) is 4.98 Å². The van der Waals surface area contributed by atoms with E-state index in [0.717, 1.165) is 5.01 Å². The van der Waals surface area contributed by atoms with Gasteiger partial charge < -0.3 is 0 Å². The minimum Gasteiger partial charge on any atom is -0.271 e. The summed E-state index contributed by atoms with van der Waals surface area (Å²) >= 11 is 10.5. The zero-order valence-electron chi connectivity index (χ0n) is 9.38. The van der Waals surface area contributed by atoms with E-state index in [9.17, 15) is 4.39 Å². The van der Waals surface area contributed by atoms with Gasteiger partial charge in [0.05, 0.1) is 21.8 Å². The van der Waals surface area contributed by atoms with Gasteiger partial charge in [0.25, 0.3) is 0 Å². The van der Waals surface area contributed by atoms with Crippen LogP contribution in [0.3, 0.4) is 0 Å². The molecule has 1 atom stereocenters. The predicted octanol–water partition coefficient (Wildman–Crippen LogP) is 3.56. The van der Waals surface area contributed by atoms with E-state index in [4.69, 9.17) is 17.4 Å². The molecule has 96 valence electrons. The van der Waals surface area contributed by atoms with E-state index in [1.807, 2.05) is 12.3 Å². The maximum absolute atomic E-state index is 14.1. The van der Waals surface area contributed by atoms with Crippen LogP contribution in [0.2, 0.25) is 5.02 Å². The number of aryl methyl sites for hydroxylation is 1. The molecule has 0 aliphatic carbocycles. The monoisotopic (exact) mass is 349 g/mol. The lowest BCUT2D eigenvalue weighted by Gasteiger charge is -2.16. The summed E-state index contributed by atoms with van der Waals surface area (Å²) in [4.78, 5) is 4.31. The van der Waals surface area contributed by atoms with Gasteiger partial charge in [-0.05, 0) is 28.9 Å². The fourth-order valence-electron chi connectivity index (χ4n) is 1.61. The SMILES string of the molecule is Cc1nc(C(NN)c2ccc(Br)c(Cl)c2F)cs1. The Hall–Kier alpha value is -0.530. The van der Waals surface area contributed by atoms with Gasteiger partial charge in [0.15, 0.2) is 0 Å². The third-order valence-corrected chi connectivity index (χ3v) is 4.53. The summed E-state index contributed by atoms with van der Waals surface area (Å²) in [5.74, 6) is 5.00. The summed E-state index contributed by atoms with van der Waals surface area (Å²) in [6.45, 7) is 1.88. The van der Waals surface area contributed by atoms with Crippen molar-refractivity contribution in [2.24, 2.45) is 5.84 Å². The van der Waals surface area contributed by atoms with Crippen molar-refractivity contribution in [2.45, 2.75) is 13.0 Å². The van der Waals surface area contributed by atoms with Crippen LogP contribution in [0.1, 0.15) is 22.3 Å². The number of thiazole rings is 1. The molecule has 0 bridgehead atoms. The van der Waals surface area contributed by atoms with Crippen molar-refractivity contribution in [1.82, 2.24) is 10.4 Å². The number of hydrazine groups is 1. The molecule has 0 saturated heterocycles. The Kier molecular flexibility index (Phi) is 4.34. The van der Waals surface area contributed by atoms with Gasteiger partial charge in [0.1, 0.15) is 5.82 Å². The van der Waals surface area contributed by atoms with Crippen LogP contribution in [-0.2, 0) is 0 Å². The molecule has 0 aliphatic rings. The summed E-state index contributed by atoms with van der Waals surface area (Å²) in [5.41, 5.74) is 3.62. The fraction of sp³-hybridized carbons (Fsp3) is 0.182. The minimum atomic E-state index is -0.513. The smallest absolute Gasteiger partial charge is 0.148 e. The van der Waals surface area contributed by atoms with E-state index in [2.05, 4.69) is 26.3 Å². The van der Waals surface area contributed by atoms with E-state index >= 15 is 0 Å². The Morgan fingerprint density at radius 2 is 2.28 bits per heavy atom. The van der Waals surface area contributed by atoms with E-state index in [1.165, 1.54) is 11.3 Å². The fourth-order valence-corrected chi connectivity index (χ4v) is 2.73. The van der Waals surface area contributed by atoms with Gasteiger partial charge in [-0.1, -0.05) is 17.7 Å². The number of aromatic nitrogens is 1. The molecule has 1 unspecified atom stereocenters. The van der Waals surface area contributed by atoms with Crippen LogP contribution in [0, 0.1) is 12.7 Å². The van der Waals surface area contributed by atoms with E-state index < -0.39 is 11.9 Å². The van der Waals surface area contributed by atoms with Gasteiger partial charge in [-0.2, -0.15) is 0 Å².